The predicted octanol–water partition coefficient (Wildman–Crippen LogP) is 3.76. The van der Waals surface area contributed by atoms with Crippen LogP contribution >= 0.6 is 35.2 Å². The number of halogens is 1. The van der Waals surface area contributed by atoms with Crippen molar-refractivity contribution in [1.82, 2.24) is 15.6 Å². The maximum Gasteiger partial charge on any atom is 0.215 e. The quantitative estimate of drug-likeness (QED) is 0.648. The Kier molecular flexibility index (Phi) is 4.61. The van der Waals surface area contributed by atoms with Crippen molar-refractivity contribution in [2.24, 2.45) is 0 Å². The lowest BCUT2D eigenvalue weighted by Gasteiger charge is -2.25. The number of aromatic nitrogens is 1. The fraction of sp³-hybridized carbons (Fsp3) is 0.200. The number of nitrogens with zero attached hydrogens (tertiary/aromatic N) is 1. The fourth-order valence-electron chi connectivity index (χ4n) is 2.19. The Morgan fingerprint density at radius 2 is 2.32 bits per heavy atom. The molecule has 1 unspecified atom stereocenters. The van der Waals surface area contributed by atoms with E-state index in [0.717, 1.165) is 11.3 Å². The van der Waals surface area contributed by atoms with Crippen LogP contribution in [0.4, 0.5) is 0 Å². The van der Waals surface area contributed by atoms with Crippen LogP contribution < -0.4 is 15.4 Å². The van der Waals surface area contributed by atoms with Crippen LogP contribution in [0.3, 0.4) is 0 Å². The second kappa shape index (κ2) is 6.64. The Hall–Kier alpha value is -1.63. The van der Waals surface area contributed by atoms with Gasteiger partial charge in [0.05, 0.1) is 12.6 Å². The molecule has 2 aromatic rings. The number of pyridine rings is 1. The van der Waals surface area contributed by atoms with Gasteiger partial charge in [0.15, 0.2) is 5.11 Å². The van der Waals surface area contributed by atoms with E-state index in [-0.39, 0.29) is 6.04 Å². The van der Waals surface area contributed by atoms with E-state index in [9.17, 15) is 0 Å². The Morgan fingerprint density at radius 3 is 3.05 bits per heavy atom. The van der Waals surface area contributed by atoms with Gasteiger partial charge in [0.1, 0.15) is 5.15 Å². The van der Waals surface area contributed by atoms with E-state index in [0.29, 0.717) is 22.8 Å². The lowest BCUT2D eigenvalue weighted by atomic mass is 10.1. The molecule has 0 radical (unpaired) electrons. The third-order valence-electron chi connectivity index (χ3n) is 3.09. The van der Waals surface area contributed by atoms with Gasteiger partial charge in [0, 0.05) is 22.2 Å². The van der Waals surface area contributed by atoms with Crippen LogP contribution in [0.2, 0.25) is 5.15 Å². The van der Waals surface area contributed by atoms with Crippen LogP contribution in [0.15, 0.2) is 35.7 Å². The van der Waals surface area contributed by atoms with Crippen molar-refractivity contribution in [3.8, 4) is 5.88 Å². The van der Waals surface area contributed by atoms with Gasteiger partial charge in [-0.1, -0.05) is 17.7 Å². The number of ether oxygens (including phenoxy) is 1. The van der Waals surface area contributed by atoms with Gasteiger partial charge < -0.3 is 15.4 Å². The highest BCUT2D eigenvalue weighted by Gasteiger charge is 2.20. The minimum absolute atomic E-state index is 0.0474. The maximum atomic E-state index is 6.08. The van der Waals surface area contributed by atoms with Crippen molar-refractivity contribution in [1.29, 1.82) is 0 Å². The number of thiocarbonyl (C=S) groups is 1. The summed E-state index contributed by atoms with van der Waals surface area (Å²) in [5, 5.41) is 9.43. The Morgan fingerprint density at radius 1 is 1.45 bits per heavy atom. The first-order valence-electron chi connectivity index (χ1n) is 6.79. The van der Waals surface area contributed by atoms with Crippen LogP contribution in [-0.2, 0) is 0 Å². The van der Waals surface area contributed by atoms with E-state index < -0.39 is 0 Å². The summed E-state index contributed by atoms with van der Waals surface area (Å²) in [6, 6.07) is 7.80. The van der Waals surface area contributed by atoms with E-state index in [2.05, 4.69) is 27.8 Å². The molecule has 1 aliphatic rings. The number of nitrogens with one attached hydrogen (secondary N) is 2. The summed E-state index contributed by atoms with van der Waals surface area (Å²) in [5.74, 6) is 0.504. The van der Waals surface area contributed by atoms with Gasteiger partial charge in [-0.2, -0.15) is 0 Å². The van der Waals surface area contributed by atoms with Crippen LogP contribution in [0.5, 0.6) is 5.88 Å². The Labute approximate surface area is 143 Å². The highest BCUT2D eigenvalue weighted by atomic mass is 35.5. The molecule has 2 aromatic heterocycles. The van der Waals surface area contributed by atoms with Crippen LogP contribution in [0.25, 0.3) is 5.70 Å². The first-order valence-corrected chi connectivity index (χ1v) is 8.46. The molecule has 0 spiro atoms. The summed E-state index contributed by atoms with van der Waals surface area (Å²) in [5.41, 5.74) is 1.79. The van der Waals surface area contributed by atoms with Crippen LogP contribution in [0.1, 0.15) is 23.4 Å². The molecule has 1 atom stereocenters. The molecule has 7 heteroatoms. The zero-order valence-corrected chi connectivity index (χ0v) is 14.2. The van der Waals surface area contributed by atoms with Gasteiger partial charge in [0.25, 0.3) is 0 Å². The van der Waals surface area contributed by atoms with Crippen molar-refractivity contribution in [3.63, 3.8) is 0 Å². The minimum atomic E-state index is 0.0474. The average Bonchev–Trinajstić information content (AvgIpc) is 3.00. The van der Waals surface area contributed by atoms with Crippen molar-refractivity contribution < 1.29 is 4.74 Å². The summed E-state index contributed by atoms with van der Waals surface area (Å²) in [7, 11) is 0. The molecular weight excluding hydrogens is 338 g/mol. The maximum absolute atomic E-state index is 6.08. The van der Waals surface area contributed by atoms with Crippen molar-refractivity contribution in [3.05, 3.63) is 51.3 Å². The van der Waals surface area contributed by atoms with Crippen LogP contribution in [0, 0.1) is 0 Å². The zero-order chi connectivity index (χ0) is 15.5. The fourth-order valence-corrected chi connectivity index (χ4v) is 3.37. The topological polar surface area (TPSA) is 46.2 Å². The third-order valence-corrected chi connectivity index (χ3v) is 4.46. The number of hydrogen-bond donors (Lipinski definition) is 2. The summed E-state index contributed by atoms with van der Waals surface area (Å²) in [6.45, 7) is 2.45. The molecule has 3 rings (SSSR count). The van der Waals surface area contributed by atoms with Gasteiger partial charge in [0.2, 0.25) is 5.88 Å². The molecule has 0 aromatic carbocycles. The highest BCUT2D eigenvalue weighted by Crippen LogP contribution is 2.28. The summed E-state index contributed by atoms with van der Waals surface area (Å²) < 4.78 is 5.45. The number of thiophene rings is 1. The molecule has 0 saturated heterocycles. The van der Waals surface area contributed by atoms with Gasteiger partial charge in [-0.3, -0.25) is 0 Å². The van der Waals surface area contributed by atoms with Crippen LogP contribution in [-0.4, -0.2) is 16.7 Å². The zero-order valence-electron chi connectivity index (χ0n) is 11.8. The van der Waals surface area contributed by atoms with E-state index in [1.54, 1.807) is 17.4 Å². The Balaban J connectivity index is 1.97. The van der Waals surface area contributed by atoms with Gasteiger partial charge in [-0.05, 0) is 42.7 Å². The molecule has 0 bridgehead atoms. The highest BCUT2D eigenvalue weighted by molar-refractivity contribution is 7.80. The van der Waals surface area contributed by atoms with E-state index in [1.807, 2.05) is 24.4 Å². The second-order valence-electron chi connectivity index (χ2n) is 4.62. The predicted molar refractivity (Wildman–Crippen MR) is 94.3 cm³/mol. The molecule has 2 N–H and O–H groups in total. The van der Waals surface area contributed by atoms with E-state index >= 15 is 0 Å². The summed E-state index contributed by atoms with van der Waals surface area (Å²) in [6.07, 6.45) is 2.09. The molecular formula is C15H14ClN3OS2. The molecule has 1 aliphatic heterocycles. The van der Waals surface area contributed by atoms with Gasteiger partial charge in [-0.15, -0.1) is 11.3 Å². The first-order chi connectivity index (χ1) is 10.7. The van der Waals surface area contributed by atoms with Gasteiger partial charge in [-0.25, -0.2) is 4.98 Å². The molecule has 0 amide bonds. The summed E-state index contributed by atoms with van der Waals surface area (Å²) >= 11 is 13.1. The molecule has 4 nitrogen and oxygen atoms in total. The first kappa shape index (κ1) is 15.3. The summed E-state index contributed by atoms with van der Waals surface area (Å²) in [4.78, 5) is 5.35. The molecule has 22 heavy (non-hydrogen) atoms. The number of hydrogen-bond acceptors (Lipinski definition) is 4. The monoisotopic (exact) mass is 351 g/mol. The van der Waals surface area contributed by atoms with Crippen molar-refractivity contribution >= 4 is 46.0 Å². The van der Waals surface area contributed by atoms with Crippen molar-refractivity contribution in [2.45, 2.75) is 13.0 Å². The normalized spacial score (nSPS) is 17.5. The standard InChI is InChI=1S/C15H14ClN3OS2/c1-2-20-14-7-9(6-13(16)19-14)10-8-11(18-15(21)17-10)12-4-3-5-22-12/h3-8,11H,2H2,1H3,(H2,17,18,21). The van der Waals surface area contributed by atoms with Crippen molar-refractivity contribution in [2.75, 3.05) is 6.61 Å². The molecule has 114 valence electrons. The SMILES string of the molecule is CCOc1cc(C2=CC(c3cccs3)NC(=S)N2)cc(Cl)n1. The second-order valence-corrected chi connectivity index (χ2v) is 6.40. The van der Waals surface area contributed by atoms with E-state index in [4.69, 9.17) is 28.6 Å². The lowest BCUT2D eigenvalue weighted by Crippen LogP contribution is -2.40. The minimum Gasteiger partial charge on any atom is -0.478 e. The smallest absolute Gasteiger partial charge is 0.215 e. The van der Waals surface area contributed by atoms with E-state index in [1.165, 1.54) is 4.88 Å². The third kappa shape index (κ3) is 3.40. The molecule has 0 aliphatic carbocycles. The molecule has 3 heterocycles. The Bertz CT molecular complexity index is 716. The lowest BCUT2D eigenvalue weighted by molar-refractivity contribution is 0.327. The molecule has 0 fully saturated rings. The largest absolute Gasteiger partial charge is 0.478 e. The number of rotatable bonds is 4. The molecule has 0 saturated carbocycles. The van der Waals surface area contributed by atoms with Gasteiger partial charge >= 0.3 is 0 Å². The average molecular weight is 352 g/mol.